The van der Waals surface area contributed by atoms with Gasteiger partial charge in [0.1, 0.15) is 11.3 Å². The SMILES string of the molecule is CCCCOc1c(OC(C)=O)c(=O)oc2cc(OC(C)=O)ccc12. The third-order valence-corrected chi connectivity index (χ3v) is 3.04. The average molecular weight is 334 g/mol. The van der Waals surface area contributed by atoms with Gasteiger partial charge >= 0.3 is 17.6 Å². The molecule has 0 aliphatic heterocycles. The van der Waals surface area contributed by atoms with Gasteiger partial charge in [-0.25, -0.2) is 4.79 Å². The van der Waals surface area contributed by atoms with E-state index in [9.17, 15) is 14.4 Å². The van der Waals surface area contributed by atoms with Crippen LogP contribution in [0.3, 0.4) is 0 Å². The van der Waals surface area contributed by atoms with E-state index in [-0.39, 0.29) is 22.8 Å². The van der Waals surface area contributed by atoms with Crippen molar-refractivity contribution < 1.29 is 28.2 Å². The van der Waals surface area contributed by atoms with Crippen molar-refractivity contribution in [3.8, 4) is 17.2 Å². The smallest absolute Gasteiger partial charge is 0.383 e. The molecule has 0 saturated heterocycles. The molecule has 0 saturated carbocycles. The molecule has 7 nitrogen and oxygen atoms in total. The van der Waals surface area contributed by atoms with Crippen LogP contribution in [0.4, 0.5) is 0 Å². The zero-order valence-electron chi connectivity index (χ0n) is 13.7. The minimum atomic E-state index is -0.843. The highest BCUT2D eigenvalue weighted by Crippen LogP contribution is 2.34. The topological polar surface area (TPSA) is 92.0 Å². The van der Waals surface area contributed by atoms with Crippen molar-refractivity contribution in [2.24, 2.45) is 0 Å². The lowest BCUT2D eigenvalue weighted by atomic mass is 10.2. The third-order valence-electron chi connectivity index (χ3n) is 3.04. The summed E-state index contributed by atoms with van der Waals surface area (Å²) in [6, 6.07) is 4.52. The second-order valence-electron chi connectivity index (χ2n) is 5.10. The average Bonchev–Trinajstić information content (AvgIpc) is 2.49. The van der Waals surface area contributed by atoms with Crippen molar-refractivity contribution in [3.63, 3.8) is 0 Å². The number of hydrogen-bond donors (Lipinski definition) is 0. The first-order chi connectivity index (χ1) is 11.4. The molecule has 24 heavy (non-hydrogen) atoms. The zero-order chi connectivity index (χ0) is 17.7. The van der Waals surface area contributed by atoms with Gasteiger partial charge in [-0.3, -0.25) is 9.59 Å². The standard InChI is InChI=1S/C17H18O7/c1-4-5-8-21-15-13-7-6-12(22-10(2)18)9-14(13)24-17(20)16(15)23-11(3)19/h6-7,9H,4-5,8H2,1-3H3. The van der Waals surface area contributed by atoms with Gasteiger partial charge in [-0.15, -0.1) is 0 Å². The van der Waals surface area contributed by atoms with E-state index < -0.39 is 17.6 Å². The van der Waals surface area contributed by atoms with Gasteiger partial charge in [0.05, 0.1) is 12.0 Å². The Morgan fingerprint density at radius 3 is 2.42 bits per heavy atom. The first-order valence-electron chi connectivity index (χ1n) is 7.53. The number of unbranched alkanes of at least 4 members (excludes halogenated alkanes) is 1. The zero-order valence-corrected chi connectivity index (χ0v) is 13.7. The van der Waals surface area contributed by atoms with Crippen LogP contribution in [0.2, 0.25) is 0 Å². The van der Waals surface area contributed by atoms with Gasteiger partial charge in [-0.05, 0) is 18.6 Å². The fourth-order valence-electron chi connectivity index (χ4n) is 2.06. The number of rotatable bonds is 6. The molecule has 0 aliphatic carbocycles. The summed E-state index contributed by atoms with van der Waals surface area (Å²) in [6.07, 6.45) is 1.67. The fourth-order valence-corrected chi connectivity index (χ4v) is 2.06. The molecule has 0 amide bonds. The second-order valence-corrected chi connectivity index (χ2v) is 5.10. The Bertz CT molecular complexity index is 820. The van der Waals surface area contributed by atoms with Gasteiger partial charge in [0.15, 0.2) is 5.75 Å². The summed E-state index contributed by atoms with van der Waals surface area (Å²) in [5, 5.41) is 0.442. The lowest BCUT2D eigenvalue weighted by Gasteiger charge is -2.12. The molecule has 1 aromatic carbocycles. The van der Waals surface area contributed by atoms with Crippen LogP contribution < -0.4 is 19.8 Å². The van der Waals surface area contributed by atoms with E-state index in [1.165, 1.54) is 26.0 Å². The molecule has 0 fully saturated rings. The molecular formula is C17H18O7. The normalized spacial score (nSPS) is 10.5. The molecule has 1 heterocycles. The molecule has 128 valence electrons. The highest BCUT2D eigenvalue weighted by molar-refractivity contribution is 5.88. The molecule has 0 N–H and O–H groups in total. The monoisotopic (exact) mass is 334 g/mol. The third kappa shape index (κ3) is 4.13. The minimum Gasteiger partial charge on any atom is -0.489 e. The number of carbonyl (C=O) groups excluding carboxylic acids is 2. The van der Waals surface area contributed by atoms with Crippen LogP contribution in [-0.2, 0) is 9.59 Å². The van der Waals surface area contributed by atoms with Crippen molar-refractivity contribution in [2.75, 3.05) is 6.61 Å². The molecule has 0 atom stereocenters. The predicted octanol–water partition coefficient (Wildman–Crippen LogP) is 2.82. The van der Waals surface area contributed by atoms with E-state index in [0.717, 1.165) is 12.8 Å². The van der Waals surface area contributed by atoms with Crippen LogP contribution in [0.15, 0.2) is 27.4 Å². The molecular weight excluding hydrogens is 316 g/mol. The van der Waals surface area contributed by atoms with E-state index in [1.807, 2.05) is 6.92 Å². The number of carbonyl (C=O) groups is 2. The van der Waals surface area contributed by atoms with Gasteiger partial charge in [-0.2, -0.15) is 0 Å². The Hall–Kier alpha value is -2.83. The maximum absolute atomic E-state index is 12.1. The van der Waals surface area contributed by atoms with E-state index >= 15 is 0 Å². The molecule has 1 aromatic heterocycles. The molecule has 0 aliphatic rings. The predicted molar refractivity (Wildman–Crippen MR) is 85.5 cm³/mol. The van der Waals surface area contributed by atoms with Gasteiger partial charge < -0.3 is 18.6 Å². The van der Waals surface area contributed by atoms with Gasteiger partial charge in [-0.1, -0.05) is 13.3 Å². The van der Waals surface area contributed by atoms with Crippen molar-refractivity contribution in [3.05, 3.63) is 28.6 Å². The Kier molecular flexibility index (Phi) is 5.57. The molecule has 0 unspecified atom stereocenters. The summed E-state index contributed by atoms with van der Waals surface area (Å²) in [5.41, 5.74) is -0.676. The first kappa shape index (κ1) is 17.5. The summed E-state index contributed by atoms with van der Waals surface area (Å²) < 4.78 is 20.7. The number of benzene rings is 1. The first-order valence-corrected chi connectivity index (χ1v) is 7.53. The molecule has 7 heteroatoms. The van der Waals surface area contributed by atoms with Crippen LogP contribution in [0.25, 0.3) is 11.0 Å². The quantitative estimate of drug-likeness (QED) is 0.347. The maximum atomic E-state index is 12.1. The van der Waals surface area contributed by atoms with Crippen LogP contribution in [0.5, 0.6) is 17.2 Å². The van der Waals surface area contributed by atoms with Crippen LogP contribution in [0, 0.1) is 0 Å². The van der Waals surface area contributed by atoms with Crippen molar-refractivity contribution in [2.45, 2.75) is 33.6 Å². The highest BCUT2D eigenvalue weighted by Gasteiger charge is 2.20. The van der Waals surface area contributed by atoms with E-state index in [4.69, 9.17) is 18.6 Å². The number of fused-ring (bicyclic) bond motifs is 1. The lowest BCUT2D eigenvalue weighted by molar-refractivity contribution is -0.133. The number of hydrogen-bond acceptors (Lipinski definition) is 7. The summed E-state index contributed by atoms with van der Waals surface area (Å²) >= 11 is 0. The van der Waals surface area contributed by atoms with E-state index in [0.29, 0.717) is 12.0 Å². The van der Waals surface area contributed by atoms with Crippen molar-refractivity contribution in [1.29, 1.82) is 0 Å². The van der Waals surface area contributed by atoms with Crippen molar-refractivity contribution >= 4 is 22.9 Å². The lowest BCUT2D eigenvalue weighted by Crippen LogP contribution is -2.14. The van der Waals surface area contributed by atoms with Gasteiger partial charge in [0.2, 0.25) is 0 Å². The Morgan fingerprint density at radius 1 is 1.08 bits per heavy atom. The highest BCUT2D eigenvalue weighted by atomic mass is 16.6. The van der Waals surface area contributed by atoms with Crippen LogP contribution in [-0.4, -0.2) is 18.5 Å². The molecule has 0 spiro atoms. The van der Waals surface area contributed by atoms with E-state index in [2.05, 4.69) is 0 Å². The Morgan fingerprint density at radius 2 is 1.79 bits per heavy atom. The minimum absolute atomic E-state index is 0.138. The molecule has 2 aromatic rings. The van der Waals surface area contributed by atoms with Crippen LogP contribution in [0.1, 0.15) is 33.6 Å². The maximum Gasteiger partial charge on any atom is 0.383 e. The molecule has 2 rings (SSSR count). The number of ether oxygens (including phenoxy) is 3. The second kappa shape index (κ2) is 7.63. The Labute approximate surface area is 138 Å². The number of esters is 2. The summed E-state index contributed by atoms with van der Waals surface area (Å²) in [6.45, 7) is 4.81. The van der Waals surface area contributed by atoms with E-state index in [1.54, 1.807) is 6.07 Å². The largest absolute Gasteiger partial charge is 0.489 e. The summed E-state index contributed by atoms with van der Waals surface area (Å²) in [7, 11) is 0. The fraction of sp³-hybridized carbons (Fsp3) is 0.353. The molecule has 0 bridgehead atoms. The van der Waals surface area contributed by atoms with Gasteiger partial charge in [0.25, 0.3) is 5.75 Å². The molecule has 0 radical (unpaired) electrons. The van der Waals surface area contributed by atoms with Gasteiger partial charge in [0, 0.05) is 19.9 Å². The summed E-state index contributed by atoms with van der Waals surface area (Å²) in [4.78, 5) is 34.4. The van der Waals surface area contributed by atoms with Crippen LogP contribution >= 0.6 is 0 Å². The Balaban J connectivity index is 2.57. The van der Waals surface area contributed by atoms with Crippen molar-refractivity contribution in [1.82, 2.24) is 0 Å². The summed E-state index contributed by atoms with van der Waals surface area (Å²) in [5.74, 6) is -1.06.